The fraction of sp³-hybridized carbons (Fsp3) is 0.182. The zero-order chi connectivity index (χ0) is 21.7. The van der Waals surface area contributed by atoms with E-state index in [9.17, 15) is 18.0 Å². The van der Waals surface area contributed by atoms with E-state index in [1.807, 2.05) is 37.3 Å². The average molecular weight is 434 g/mol. The number of nitrogens with one attached hydrogen (secondary N) is 2. The van der Waals surface area contributed by atoms with Gasteiger partial charge in [0.25, 0.3) is 5.91 Å². The van der Waals surface area contributed by atoms with Gasteiger partial charge in [-0.3, -0.25) is 9.78 Å². The van der Waals surface area contributed by atoms with E-state index in [1.165, 1.54) is 12.1 Å². The van der Waals surface area contributed by atoms with Crippen LogP contribution in [0.15, 0.2) is 60.8 Å². The predicted octanol–water partition coefficient (Wildman–Crippen LogP) is 5.61. The van der Waals surface area contributed by atoms with E-state index in [2.05, 4.69) is 15.6 Å². The molecule has 0 aliphatic heterocycles. The number of rotatable bonds is 6. The van der Waals surface area contributed by atoms with Crippen molar-refractivity contribution in [1.82, 2.24) is 10.3 Å². The lowest BCUT2D eigenvalue weighted by molar-refractivity contribution is -0.125. The monoisotopic (exact) mass is 433 g/mol. The summed E-state index contributed by atoms with van der Waals surface area (Å²) < 4.78 is 36.7. The van der Waals surface area contributed by atoms with Crippen LogP contribution >= 0.6 is 11.6 Å². The third-order valence-corrected chi connectivity index (χ3v) is 4.68. The number of carbonyl (C=O) groups excluding carboxylic acids is 1. The van der Waals surface area contributed by atoms with Gasteiger partial charge in [0.05, 0.1) is 22.8 Å². The molecule has 0 aliphatic carbocycles. The summed E-state index contributed by atoms with van der Waals surface area (Å²) in [6.07, 6.45) is -2.59. The smallest absolute Gasteiger partial charge is 0.322 e. The van der Waals surface area contributed by atoms with Crippen molar-refractivity contribution in [2.75, 3.05) is 11.9 Å². The first-order valence-corrected chi connectivity index (χ1v) is 9.50. The molecule has 0 fully saturated rings. The number of nitrogens with zero attached hydrogens (tertiary/aromatic N) is 1. The first-order chi connectivity index (χ1) is 14.2. The van der Waals surface area contributed by atoms with Crippen LogP contribution in [0.2, 0.25) is 5.02 Å². The second kappa shape index (κ2) is 9.28. The van der Waals surface area contributed by atoms with Gasteiger partial charge in [-0.1, -0.05) is 29.8 Å². The molecule has 0 unspecified atom stereocenters. The highest BCUT2D eigenvalue weighted by Crippen LogP contribution is 2.26. The van der Waals surface area contributed by atoms with Crippen LogP contribution in [-0.4, -0.2) is 23.6 Å². The van der Waals surface area contributed by atoms with Gasteiger partial charge in [-0.05, 0) is 54.4 Å². The normalized spacial score (nSPS) is 11.4. The molecule has 3 aromatic rings. The molecule has 0 atom stereocenters. The Morgan fingerprint density at radius 3 is 2.57 bits per heavy atom. The second-order valence-corrected chi connectivity index (χ2v) is 7.14. The fourth-order valence-corrected chi connectivity index (χ4v) is 3.19. The minimum absolute atomic E-state index is 0.00741. The Kier molecular flexibility index (Phi) is 6.74. The van der Waals surface area contributed by atoms with E-state index in [1.54, 1.807) is 18.3 Å². The maximum absolute atomic E-state index is 12.6. The van der Waals surface area contributed by atoms with Gasteiger partial charge in [-0.15, -0.1) is 0 Å². The first-order valence-electron chi connectivity index (χ1n) is 9.12. The summed E-state index contributed by atoms with van der Waals surface area (Å²) in [6, 6.07) is 15.6. The molecule has 1 aromatic heterocycles. The molecule has 0 spiro atoms. The Hall–Kier alpha value is -2.90. The lowest BCUT2D eigenvalue weighted by atomic mass is 10.0. The second-order valence-electron chi connectivity index (χ2n) is 6.73. The molecule has 0 aliphatic rings. The van der Waals surface area contributed by atoms with Crippen LogP contribution in [0.5, 0.6) is 0 Å². The molecule has 4 nitrogen and oxygen atoms in total. The Bertz CT molecular complexity index is 1040. The predicted molar refractivity (Wildman–Crippen MR) is 112 cm³/mol. The minimum atomic E-state index is -4.29. The molecule has 1 heterocycles. The third-order valence-electron chi connectivity index (χ3n) is 4.37. The standard InChI is InChI=1S/C22H19ClF3N3O/c1-14-5-7-16(11-18(14)20-4-2-3-9-28-20)29-21(30)17-8-6-15(10-19(17)23)12-27-13-22(24,25)26/h2-11,27H,12-13H2,1H3,(H,29,30). The van der Waals surface area contributed by atoms with E-state index in [0.717, 1.165) is 16.8 Å². The van der Waals surface area contributed by atoms with Crippen LogP contribution in [0.3, 0.4) is 0 Å². The molecule has 0 saturated carbocycles. The van der Waals surface area contributed by atoms with Crippen LogP contribution < -0.4 is 10.6 Å². The van der Waals surface area contributed by atoms with E-state index in [4.69, 9.17) is 11.6 Å². The summed E-state index contributed by atoms with van der Waals surface area (Å²) in [7, 11) is 0. The number of amides is 1. The Labute approximate surface area is 177 Å². The number of aryl methyl sites for hydroxylation is 1. The van der Waals surface area contributed by atoms with Crippen LogP contribution in [0.1, 0.15) is 21.5 Å². The number of aromatic nitrogens is 1. The average Bonchev–Trinajstić information content (AvgIpc) is 2.69. The lowest BCUT2D eigenvalue weighted by Gasteiger charge is -2.12. The number of hydrogen-bond acceptors (Lipinski definition) is 3. The zero-order valence-corrected chi connectivity index (χ0v) is 16.8. The zero-order valence-electron chi connectivity index (χ0n) is 16.1. The van der Waals surface area contributed by atoms with Gasteiger partial charge in [0, 0.05) is 24.0 Å². The van der Waals surface area contributed by atoms with Gasteiger partial charge in [-0.25, -0.2) is 0 Å². The highest BCUT2D eigenvalue weighted by Gasteiger charge is 2.26. The van der Waals surface area contributed by atoms with Gasteiger partial charge < -0.3 is 10.6 Å². The highest BCUT2D eigenvalue weighted by molar-refractivity contribution is 6.34. The van der Waals surface area contributed by atoms with E-state index >= 15 is 0 Å². The molecule has 0 radical (unpaired) electrons. The van der Waals surface area contributed by atoms with Crippen molar-refractivity contribution in [2.45, 2.75) is 19.6 Å². The van der Waals surface area contributed by atoms with Crippen molar-refractivity contribution in [2.24, 2.45) is 0 Å². The Balaban J connectivity index is 1.72. The summed E-state index contributed by atoms with van der Waals surface area (Å²) in [5.74, 6) is -0.411. The van der Waals surface area contributed by atoms with Crippen molar-refractivity contribution in [3.63, 3.8) is 0 Å². The quantitative estimate of drug-likeness (QED) is 0.531. The van der Waals surface area contributed by atoms with Gasteiger partial charge in [-0.2, -0.15) is 13.2 Å². The van der Waals surface area contributed by atoms with E-state index in [-0.39, 0.29) is 17.1 Å². The van der Waals surface area contributed by atoms with Crippen LogP contribution in [0.25, 0.3) is 11.3 Å². The van der Waals surface area contributed by atoms with Gasteiger partial charge >= 0.3 is 6.18 Å². The lowest BCUT2D eigenvalue weighted by Crippen LogP contribution is -2.28. The van der Waals surface area contributed by atoms with Crippen LogP contribution in [-0.2, 0) is 6.54 Å². The Morgan fingerprint density at radius 2 is 1.90 bits per heavy atom. The van der Waals surface area contributed by atoms with Crippen molar-refractivity contribution in [3.8, 4) is 11.3 Å². The molecule has 30 heavy (non-hydrogen) atoms. The van der Waals surface area contributed by atoms with Crippen molar-refractivity contribution in [1.29, 1.82) is 0 Å². The Morgan fingerprint density at radius 1 is 1.10 bits per heavy atom. The number of anilines is 1. The van der Waals surface area contributed by atoms with Crippen molar-refractivity contribution in [3.05, 3.63) is 82.5 Å². The third kappa shape index (κ3) is 5.81. The van der Waals surface area contributed by atoms with E-state index in [0.29, 0.717) is 11.3 Å². The summed E-state index contributed by atoms with van der Waals surface area (Å²) in [4.78, 5) is 17.0. The summed E-state index contributed by atoms with van der Waals surface area (Å²) in [5, 5.41) is 5.26. The minimum Gasteiger partial charge on any atom is -0.322 e. The van der Waals surface area contributed by atoms with Gasteiger partial charge in [0.1, 0.15) is 0 Å². The largest absolute Gasteiger partial charge is 0.401 e. The maximum atomic E-state index is 12.6. The SMILES string of the molecule is Cc1ccc(NC(=O)c2ccc(CNCC(F)(F)F)cc2Cl)cc1-c1ccccn1. The molecule has 1 amide bonds. The molecule has 3 rings (SSSR count). The number of carbonyl (C=O) groups is 1. The molecule has 2 N–H and O–H groups in total. The molecule has 0 saturated heterocycles. The van der Waals surface area contributed by atoms with Gasteiger partial charge in [0.15, 0.2) is 0 Å². The number of benzene rings is 2. The maximum Gasteiger partial charge on any atom is 0.401 e. The number of halogens is 4. The summed E-state index contributed by atoms with van der Waals surface area (Å²) >= 11 is 6.19. The van der Waals surface area contributed by atoms with Crippen molar-refractivity contribution < 1.29 is 18.0 Å². The van der Waals surface area contributed by atoms with Crippen LogP contribution in [0.4, 0.5) is 18.9 Å². The van der Waals surface area contributed by atoms with E-state index < -0.39 is 18.6 Å². The molecule has 8 heteroatoms. The molecule has 0 bridgehead atoms. The summed E-state index contributed by atoms with van der Waals surface area (Å²) in [6.45, 7) is 0.851. The van der Waals surface area contributed by atoms with Gasteiger partial charge in [0.2, 0.25) is 0 Å². The number of pyridine rings is 1. The first kappa shape index (κ1) is 21.8. The topological polar surface area (TPSA) is 54.0 Å². The van der Waals surface area contributed by atoms with Crippen molar-refractivity contribution >= 4 is 23.2 Å². The summed E-state index contributed by atoms with van der Waals surface area (Å²) in [5.41, 5.74) is 4.06. The van der Waals surface area contributed by atoms with Crippen LogP contribution in [0, 0.1) is 6.92 Å². The number of alkyl halides is 3. The fourth-order valence-electron chi connectivity index (χ4n) is 2.90. The molecule has 2 aromatic carbocycles. The highest BCUT2D eigenvalue weighted by atomic mass is 35.5. The molecule has 156 valence electrons. The molecular weight excluding hydrogens is 415 g/mol. The molecular formula is C22H19ClF3N3O. The number of hydrogen-bond donors (Lipinski definition) is 2.